The van der Waals surface area contributed by atoms with Crippen LogP contribution in [-0.4, -0.2) is 40.1 Å². The van der Waals surface area contributed by atoms with Gasteiger partial charge in [-0.15, -0.1) is 10.2 Å². The molecule has 116 valence electrons. The standard InChI is InChI=1S/C13H17Cl2N3O3/c1-12(2,3)21-11(20)18(5)13(4,7-19)8-6-9(14)16-17-10(8)15/h6-7H,1-5H3. The van der Waals surface area contributed by atoms with Gasteiger partial charge in [0.2, 0.25) is 0 Å². The quantitative estimate of drug-likeness (QED) is 0.795. The van der Waals surface area contributed by atoms with Crippen LogP contribution in [0.15, 0.2) is 6.07 Å². The molecule has 1 aromatic heterocycles. The maximum atomic E-state index is 12.2. The second-order valence-corrected chi connectivity index (χ2v) is 6.42. The summed E-state index contributed by atoms with van der Waals surface area (Å²) in [4.78, 5) is 24.9. The van der Waals surface area contributed by atoms with Crippen molar-refractivity contribution in [3.8, 4) is 0 Å². The van der Waals surface area contributed by atoms with Crippen LogP contribution in [0.1, 0.15) is 33.3 Å². The first-order valence-corrected chi connectivity index (χ1v) is 6.89. The van der Waals surface area contributed by atoms with Crippen molar-refractivity contribution in [1.29, 1.82) is 0 Å². The summed E-state index contributed by atoms with van der Waals surface area (Å²) in [7, 11) is 1.44. The van der Waals surface area contributed by atoms with E-state index in [1.807, 2.05) is 0 Å². The molecule has 1 rings (SSSR count). The monoisotopic (exact) mass is 333 g/mol. The molecule has 0 aliphatic heterocycles. The summed E-state index contributed by atoms with van der Waals surface area (Å²) in [5.41, 5.74) is -1.79. The van der Waals surface area contributed by atoms with E-state index in [-0.39, 0.29) is 15.9 Å². The highest BCUT2D eigenvalue weighted by atomic mass is 35.5. The van der Waals surface area contributed by atoms with E-state index in [4.69, 9.17) is 27.9 Å². The first-order chi connectivity index (χ1) is 9.51. The molecule has 8 heteroatoms. The molecule has 0 saturated heterocycles. The molecule has 0 fully saturated rings. The van der Waals surface area contributed by atoms with E-state index in [0.29, 0.717) is 6.29 Å². The van der Waals surface area contributed by atoms with E-state index < -0.39 is 17.2 Å². The molecule has 1 unspecified atom stereocenters. The Labute approximate surface area is 133 Å². The van der Waals surface area contributed by atoms with Crippen LogP contribution in [-0.2, 0) is 15.1 Å². The summed E-state index contributed by atoms with van der Waals surface area (Å²) in [6.45, 7) is 6.71. The zero-order valence-electron chi connectivity index (χ0n) is 12.5. The van der Waals surface area contributed by atoms with Gasteiger partial charge in [0.15, 0.2) is 10.3 Å². The second-order valence-electron chi connectivity index (χ2n) is 5.68. The van der Waals surface area contributed by atoms with Gasteiger partial charge in [0, 0.05) is 12.6 Å². The molecule has 0 spiro atoms. The maximum absolute atomic E-state index is 12.2. The predicted octanol–water partition coefficient (Wildman–Crippen LogP) is 3.06. The van der Waals surface area contributed by atoms with Crippen LogP contribution >= 0.6 is 23.2 Å². The highest BCUT2D eigenvalue weighted by Gasteiger charge is 2.39. The molecule has 1 aromatic rings. The zero-order chi connectivity index (χ0) is 16.4. The van der Waals surface area contributed by atoms with Gasteiger partial charge in [-0.2, -0.15) is 0 Å². The number of carbonyl (C=O) groups is 2. The van der Waals surface area contributed by atoms with Gasteiger partial charge in [0.05, 0.1) is 0 Å². The number of ether oxygens (including phenoxy) is 1. The number of hydrogen-bond acceptors (Lipinski definition) is 5. The Morgan fingerprint density at radius 3 is 2.33 bits per heavy atom. The van der Waals surface area contributed by atoms with Gasteiger partial charge in [-0.25, -0.2) is 4.79 Å². The van der Waals surface area contributed by atoms with Crippen LogP contribution in [0.25, 0.3) is 0 Å². The van der Waals surface area contributed by atoms with Crippen molar-refractivity contribution in [2.75, 3.05) is 7.05 Å². The lowest BCUT2D eigenvalue weighted by molar-refractivity contribution is -0.117. The average Bonchev–Trinajstić information content (AvgIpc) is 2.37. The third kappa shape index (κ3) is 4.04. The van der Waals surface area contributed by atoms with Gasteiger partial charge in [0.25, 0.3) is 0 Å². The van der Waals surface area contributed by atoms with E-state index in [0.717, 1.165) is 4.90 Å². The highest BCUT2D eigenvalue weighted by molar-refractivity contribution is 6.32. The number of aromatic nitrogens is 2. The van der Waals surface area contributed by atoms with Gasteiger partial charge in [-0.1, -0.05) is 23.2 Å². The van der Waals surface area contributed by atoms with E-state index in [1.165, 1.54) is 20.0 Å². The highest BCUT2D eigenvalue weighted by Crippen LogP contribution is 2.31. The fourth-order valence-electron chi connectivity index (χ4n) is 1.55. The fraction of sp³-hybridized carbons (Fsp3) is 0.538. The smallest absolute Gasteiger partial charge is 0.411 e. The summed E-state index contributed by atoms with van der Waals surface area (Å²) in [5, 5.41) is 7.30. The van der Waals surface area contributed by atoms with Crippen LogP contribution in [0, 0.1) is 0 Å². The number of rotatable bonds is 3. The second kappa shape index (κ2) is 6.15. The molecule has 0 N–H and O–H groups in total. The summed E-state index contributed by atoms with van der Waals surface area (Å²) >= 11 is 11.8. The Bertz CT molecular complexity index is 560. The van der Waals surface area contributed by atoms with Crippen molar-refractivity contribution < 1.29 is 14.3 Å². The lowest BCUT2D eigenvalue weighted by atomic mass is 9.94. The van der Waals surface area contributed by atoms with Crippen LogP contribution in [0.2, 0.25) is 10.3 Å². The van der Waals surface area contributed by atoms with Gasteiger partial charge >= 0.3 is 6.09 Å². The molecule has 0 aliphatic rings. The first-order valence-electron chi connectivity index (χ1n) is 6.13. The normalized spacial score (nSPS) is 14.2. The van der Waals surface area contributed by atoms with Crippen molar-refractivity contribution >= 4 is 35.6 Å². The first kappa shape index (κ1) is 17.7. The van der Waals surface area contributed by atoms with Gasteiger partial charge in [-0.3, -0.25) is 4.90 Å². The Morgan fingerprint density at radius 1 is 1.29 bits per heavy atom. The largest absolute Gasteiger partial charge is 0.444 e. The third-order valence-electron chi connectivity index (χ3n) is 2.86. The molecule has 21 heavy (non-hydrogen) atoms. The number of likely N-dealkylation sites (N-methyl/N-ethyl adjacent to an activating group) is 1. The number of aldehydes is 1. The molecule has 1 atom stereocenters. The lowest BCUT2D eigenvalue weighted by Gasteiger charge is -2.35. The summed E-state index contributed by atoms with van der Waals surface area (Å²) < 4.78 is 5.26. The molecule has 0 radical (unpaired) electrons. The Balaban J connectivity index is 3.23. The summed E-state index contributed by atoms with van der Waals surface area (Å²) in [6, 6.07) is 1.39. The van der Waals surface area contributed by atoms with E-state index in [2.05, 4.69) is 10.2 Å². The Kier molecular flexibility index (Phi) is 5.17. The summed E-state index contributed by atoms with van der Waals surface area (Å²) in [5.74, 6) is 0. The number of hydrogen-bond donors (Lipinski definition) is 0. The van der Waals surface area contributed by atoms with Crippen LogP contribution in [0.5, 0.6) is 0 Å². The van der Waals surface area contributed by atoms with Crippen LogP contribution in [0.4, 0.5) is 4.79 Å². The minimum Gasteiger partial charge on any atom is -0.444 e. The van der Waals surface area contributed by atoms with E-state index in [9.17, 15) is 9.59 Å². The molecule has 1 heterocycles. The molecule has 0 aliphatic carbocycles. The predicted molar refractivity (Wildman–Crippen MR) is 79.5 cm³/mol. The van der Waals surface area contributed by atoms with Crippen molar-refractivity contribution in [2.24, 2.45) is 0 Å². The number of amides is 1. The SMILES string of the molecule is CN(C(=O)OC(C)(C)C)C(C)(C=O)c1cc(Cl)nnc1Cl. The van der Waals surface area contributed by atoms with E-state index in [1.54, 1.807) is 20.8 Å². The molecular weight excluding hydrogens is 317 g/mol. The molecule has 0 saturated carbocycles. The van der Waals surface area contributed by atoms with Crippen LogP contribution in [0.3, 0.4) is 0 Å². The van der Waals surface area contributed by atoms with Crippen LogP contribution < -0.4 is 0 Å². The third-order valence-corrected chi connectivity index (χ3v) is 3.32. The Hall–Kier alpha value is -1.40. The van der Waals surface area contributed by atoms with Crippen molar-refractivity contribution in [2.45, 2.75) is 38.8 Å². The van der Waals surface area contributed by atoms with Crippen molar-refractivity contribution in [3.63, 3.8) is 0 Å². The lowest BCUT2D eigenvalue weighted by Crippen LogP contribution is -2.48. The zero-order valence-corrected chi connectivity index (χ0v) is 14.0. The topological polar surface area (TPSA) is 72.4 Å². The molecule has 0 bridgehead atoms. The minimum absolute atomic E-state index is 0.00981. The van der Waals surface area contributed by atoms with Gasteiger partial charge < -0.3 is 9.53 Å². The number of halogens is 2. The van der Waals surface area contributed by atoms with E-state index >= 15 is 0 Å². The average molecular weight is 334 g/mol. The minimum atomic E-state index is -1.38. The molecular formula is C13H17Cl2N3O3. The number of nitrogens with zero attached hydrogens (tertiary/aromatic N) is 3. The van der Waals surface area contributed by atoms with Gasteiger partial charge in [0.1, 0.15) is 17.4 Å². The molecule has 1 amide bonds. The number of carbonyl (C=O) groups excluding carboxylic acids is 2. The fourth-order valence-corrected chi connectivity index (χ4v) is 1.98. The van der Waals surface area contributed by atoms with Crippen molar-refractivity contribution in [1.82, 2.24) is 15.1 Å². The Morgan fingerprint density at radius 2 is 1.86 bits per heavy atom. The van der Waals surface area contributed by atoms with Crippen molar-refractivity contribution in [3.05, 3.63) is 21.9 Å². The molecule has 6 nitrogen and oxygen atoms in total. The van der Waals surface area contributed by atoms with Gasteiger partial charge in [-0.05, 0) is 33.8 Å². The maximum Gasteiger partial charge on any atom is 0.411 e. The molecule has 0 aromatic carbocycles. The summed E-state index contributed by atoms with van der Waals surface area (Å²) in [6.07, 6.45) is -0.0861.